The van der Waals surface area contributed by atoms with Gasteiger partial charge in [-0.3, -0.25) is 9.69 Å². The molecule has 1 amide bonds. The van der Waals surface area contributed by atoms with Crippen molar-refractivity contribution in [2.45, 2.75) is 0 Å². The summed E-state index contributed by atoms with van der Waals surface area (Å²) in [4.78, 5) is 14.2. The Hall–Kier alpha value is -1.59. The van der Waals surface area contributed by atoms with Crippen molar-refractivity contribution in [3.63, 3.8) is 0 Å². The molecule has 1 fully saturated rings. The Labute approximate surface area is 115 Å². The lowest BCUT2D eigenvalue weighted by atomic mass is 10.2. The highest BCUT2D eigenvalue weighted by Gasteiger charge is 2.30. The molecule has 0 spiro atoms. The van der Waals surface area contributed by atoms with Crippen molar-refractivity contribution >= 4 is 46.0 Å². The summed E-state index contributed by atoms with van der Waals surface area (Å²) >= 11 is 6.47. The minimum Gasteiger partial charge on any atom is -0.399 e. The molecule has 0 unspecified atom stereocenters. The third kappa shape index (κ3) is 2.63. The van der Waals surface area contributed by atoms with Gasteiger partial charge in [-0.15, -0.1) is 6.58 Å². The number of nitrogens with zero attached hydrogens (tertiary/aromatic N) is 1. The van der Waals surface area contributed by atoms with Crippen molar-refractivity contribution < 1.29 is 4.79 Å². The molecule has 0 radical (unpaired) electrons. The van der Waals surface area contributed by atoms with Gasteiger partial charge in [-0.2, -0.15) is 0 Å². The molecule has 2 rings (SSSR count). The number of thiocarbonyl (C=S) groups is 1. The van der Waals surface area contributed by atoms with Crippen LogP contribution < -0.4 is 5.73 Å². The molecule has 0 aromatic heterocycles. The van der Waals surface area contributed by atoms with E-state index in [1.807, 2.05) is 18.2 Å². The maximum absolute atomic E-state index is 12.1. The van der Waals surface area contributed by atoms with Crippen molar-refractivity contribution in [1.82, 2.24) is 4.90 Å². The summed E-state index contributed by atoms with van der Waals surface area (Å²) in [6.45, 7) is 4.06. The van der Waals surface area contributed by atoms with Crippen LogP contribution in [0.5, 0.6) is 0 Å². The second-order valence-electron chi connectivity index (χ2n) is 3.75. The average molecular weight is 276 g/mol. The molecule has 1 aliphatic rings. The summed E-state index contributed by atoms with van der Waals surface area (Å²) in [5, 5.41) is 0. The fourth-order valence-corrected chi connectivity index (χ4v) is 2.81. The molecule has 0 atom stereocenters. The first-order chi connectivity index (χ1) is 8.61. The number of anilines is 1. The smallest absolute Gasteiger partial charge is 0.266 e. The number of rotatable bonds is 3. The van der Waals surface area contributed by atoms with Gasteiger partial charge in [0.1, 0.15) is 4.32 Å². The Morgan fingerprint density at radius 3 is 2.67 bits per heavy atom. The van der Waals surface area contributed by atoms with Gasteiger partial charge in [-0.05, 0) is 23.8 Å². The van der Waals surface area contributed by atoms with Gasteiger partial charge >= 0.3 is 0 Å². The highest BCUT2D eigenvalue weighted by molar-refractivity contribution is 8.26. The first-order valence-corrected chi connectivity index (χ1v) is 6.56. The van der Waals surface area contributed by atoms with Crippen LogP contribution in [0.3, 0.4) is 0 Å². The number of nitrogens with two attached hydrogens (primary N) is 1. The molecular weight excluding hydrogens is 264 g/mol. The normalized spacial score (nSPS) is 17.6. The van der Waals surface area contributed by atoms with Gasteiger partial charge in [0, 0.05) is 12.2 Å². The van der Waals surface area contributed by atoms with Crippen molar-refractivity contribution in [2.75, 3.05) is 12.3 Å². The summed E-state index contributed by atoms with van der Waals surface area (Å²) in [5.41, 5.74) is 7.25. The van der Waals surface area contributed by atoms with Crippen LogP contribution in [-0.4, -0.2) is 21.7 Å². The molecule has 0 bridgehead atoms. The molecule has 1 heterocycles. The van der Waals surface area contributed by atoms with Gasteiger partial charge in [0.25, 0.3) is 5.91 Å². The number of carbonyl (C=O) groups excluding carboxylic acids is 1. The van der Waals surface area contributed by atoms with Crippen molar-refractivity contribution in [3.8, 4) is 0 Å². The quantitative estimate of drug-likeness (QED) is 0.399. The summed E-state index contributed by atoms with van der Waals surface area (Å²) < 4.78 is 0.571. The van der Waals surface area contributed by atoms with Crippen LogP contribution in [0.2, 0.25) is 0 Å². The molecule has 1 saturated heterocycles. The summed E-state index contributed by atoms with van der Waals surface area (Å²) in [6, 6.07) is 7.34. The molecule has 92 valence electrons. The number of amides is 1. The predicted molar refractivity (Wildman–Crippen MR) is 80.9 cm³/mol. The van der Waals surface area contributed by atoms with E-state index in [9.17, 15) is 4.79 Å². The lowest BCUT2D eigenvalue weighted by Crippen LogP contribution is -2.27. The monoisotopic (exact) mass is 276 g/mol. The van der Waals surface area contributed by atoms with Crippen LogP contribution in [-0.2, 0) is 4.79 Å². The third-order valence-electron chi connectivity index (χ3n) is 2.42. The lowest BCUT2D eigenvalue weighted by molar-refractivity contribution is -0.121. The van der Waals surface area contributed by atoms with Gasteiger partial charge in [0.05, 0.1) is 4.91 Å². The van der Waals surface area contributed by atoms with Gasteiger partial charge in [0.2, 0.25) is 0 Å². The molecule has 18 heavy (non-hydrogen) atoms. The second kappa shape index (κ2) is 5.37. The van der Waals surface area contributed by atoms with Gasteiger partial charge in [-0.25, -0.2) is 0 Å². The molecule has 0 aliphatic carbocycles. The largest absolute Gasteiger partial charge is 0.399 e. The predicted octanol–water partition coefficient (Wildman–Crippen LogP) is 2.66. The van der Waals surface area contributed by atoms with E-state index in [0.29, 0.717) is 21.5 Å². The van der Waals surface area contributed by atoms with E-state index in [4.69, 9.17) is 18.0 Å². The standard InChI is InChI=1S/C13H12N2OS2/c1-2-7-15-12(16)11(18-13(15)17)8-9-3-5-10(14)6-4-9/h2-6,8H,1,7,14H2/b11-8-. The van der Waals surface area contributed by atoms with Gasteiger partial charge < -0.3 is 5.73 Å². The average Bonchev–Trinajstić information content (AvgIpc) is 2.60. The Balaban J connectivity index is 2.24. The lowest BCUT2D eigenvalue weighted by Gasteiger charge is -2.10. The first kappa shape index (κ1) is 12.9. The topological polar surface area (TPSA) is 46.3 Å². The SMILES string of the molecule is C=CCN1C(=O)/C(=C/c2ccc(N)cc2)SC1=S. The number of hydrogen-bond donors (Lipinski definition) is 1. The molecular formula is C13H12N2OS2. The van der Waals surface area contributed by atoms with E-state index in [1.54, 1.807) is 18.2 Å². The molecule has 1 aliphatic heterocycles. The molecule has 1 aromatic rings. The number of hydrogen-bond acceptors (Lipinski definition) is 4. The Bertz CT molecular complexity index is 534. The molecule has 5 heteroatoms. The van der Waals surface area contributed by atoms with E-state index in [1.165, 1.54) is 16.7 Å². The zero-order valence-electron chi connectivity index (χ0n) is 9.63. The zero-order valence-corrected chi connectivity index (χ0v) is 11.3. The van der Waals surface area contributed by atoms with Crippen LogP contribution >= 0.6 is 24.0 Å². The van der Waals surface area contributed by atoms with E-state index in [2.05, 4.69) is 6.58 Å². The maximum atomic E-state index is 12.1. The van der Waals surface area contributed by atoms with Crippen LogP contribution in [0.25, 0.3) is 6.08 Å². The van der Waals surface area contributed by atoms with Crippen molar-refractivity contribution in [3.05, 3.63) is 47.4 Å². The van der Waals surface area contributed by atoms with E-state index in [-0.39, 0.29) is 5.91 Å². The number of thioether (sulfide) groups is 1. The van der Waals surface area contributed by atoms with E-state index in [0.717, 1.165) is 5.56 Å². The Morgan fingerprint density at radius 2 is 2.06 bits per heavy atom. The molecule has 2 N–H and O–H groups in total. The molecule has 0 saturated carbocycles. The van der Waals surface area contributed by atoms with E-state index >= 15 is 0 Å². The van der Waals surface area contributed by atoms with Crippen LogP contribution in [0.15, 0.2) is 41.8 Å². The summed E-state index contributed by atoms with van der Waals surface area (Å²) in [5.74, 6) is -0.0678. The van der Waals surface area contributed by atoms with Crippen molar-refractivity contribution in [2.24, 2.45) is 0 Å². The highest BCUT2D eigenvalue weighted by atomic mass is 32.2. The fraction of sp³-hybridized carbons (Fsp3) is 0.0769. The number of benzene rings is 1. The van der Waals surface area contributed by atoms with Crippen LogP contribution in [0.1, 0.15) is 5.56 Å². The first-order valence-electron chi connectivity index (χ1n) is 5.33. The number of carbonyl (C=O) groups is 1. The Kier molecular flexibility index (Phi) is 3.84. The highest BCUT2D eigenvalue weighted by Crippen LogP contribution is 2.32. The summed E-state index contributed by atoms with van der Waals surface area (Å²) in [6.07, 6.45) is 3.48. The Morgan fingerprint density at radius 1 is 1.39 bits per heavy atom. The summed E-state index contributed by atoms with van der Waals surface area (Å²) in [7, 11) is 0. The second-order valence-corrected chi connectivity index (χ2v) is 5.42. The molecule has 3 nitrogen and oxygen atoms in total. The zero-order chi connectivity index (χ0) is 13.1. The van der Waals surface area contributed by atoms with E-state index < -0.39 is 0 Å². The minimum atomic E-state index is -0.0678. The maximum Gasteiger partial charge on any atom is 0.266 e. The molecule has 1 aromatic carbocycles. The van der Waals surface area contributed by atoms with Gasteiger partial charge in [-0.1, -0.05) is 42.2 Å². The fourth-order valence-electron chi connectivity index (χ4n) is 1.53. The minimum absolute atomic E-state index is 0.0678. The third-order valence-corrected chi connectivity index (χ3v) is 3.80. The van der Waals surface area contributed by atoms with Crippen LogP contribution in [0.4, 0.5) is 5.69 Å². The van der Waals surface area contributed by atoms with Crippen molar-refractivity contribution in [1.29, 1.82) is 0 Å². The van der Waals surface area contributed by atoms with Gasteiger partial charge in [0.15, 0.2) is 0 Å². The number of nitrogen functional groups attached to an aromatic ring is 1. The van der Waals surface area contributed by atoms with Crippen LogP contribution in [0, 0.1) is 0 Å².